The monoisotopic (exact) mass is 398 g/mol. The Labute approximate surface area is 163 Å². The van der Waals surface area contributed by atoms with Gasteiger partial charge in [0.05, 0.1) is 5.92 Å². The molecule has 4 aliphatic carbocycles. The van der Waals surface area contributed by atoms with Crippen molar-refractivity contribution in [3.8, 4) is 0 Å². The first-order chi connectivity index (χ1) is 13.0. The molecule has 0 aromatic carbocycles. The molecular formula is C22H29F3O3. The van der Waals surface area contributed by atoms with Gasteiger partial charge in [0, 0.05) is 18.1 Å². The van der Waals surface area contributed by atoms with Gasteiger partial charge in [-0.3, -0.25) is 9.59 Å². The van der Waals surface area contributed by atoms with Crippen LogP contribution in [0, 0.1) is 40.4 Å². The summed E-state index contributed by atoms with van der Waals surface area (Å²) in [5.74, 6) is -0.234. The maximum Gasteiger partial charge on any atom is 0.410 e. The van der Waals surface area contributed by atoms with Crippen LogP contribution in [-0.2, 0) is 9.59 Å². The molecular weight excluding hydrogens is 369 g/mol. The van der Waals surface area contributed by atoms with E-state index in [1.807, 2.05) is 0 Å². The molecule has 4 fully saturated rings. The number of carbonyl (C=O) groups excluding carboxylic acids is 1. The van der Waals surface area contributed by atoms with Gasteiger partial charge in [0.15, 0.2) is 5.78 Å². The van der Waals surface area contributed by atoms with Crippen molar-refractivity contribution >= 4 is 11.8 Å². The van der Waals surface area contributed by atoms with E-state index in [0.29, 0.717) is 18.3 Å². The molecule has 0 radical (unpaired) electrons. The number of halogens is 3. The first kappa shape index (κ1) is 20.0. The minimum absolute atomic E-state index is 0.0601. The molecule has 3 nitrogen and oxygen atoms in total. The lowest BCUT2D eigenvalue weighted by Crippen LogP contribution is -2.54. The molecule has 6 heteroatoms. The van der Waals surface area contributed by atoms with E-state index in [1.165, 1.54) is 0 Å². The number of fused-ring (bicyclic) bond motifs is 5. The summed E-state index contributed by atoms with van der Waals surface area (Å²) in [4.78, 5) is 24.1. The average molecular weight is 398 g/mol. The maximum atomic E-state index is 13.0. The number of ketones is 1. The SMILES string of the molecule is C[C@]12C/C(=C\C(F)(F)F)C(=O)C[C@@H]1CC[C@@H]1[C@@H]2CC[C@]2(C)[C@@H](C(=O)O)CC[C@@H]12. The lowest BCUT2D eigenvalue weighted by Gasteiger charge is -2.60. The van der Waals surface area contributed by atoms with Crippen LogP contribution in [0.25, 0.3) is 0 Å². The van der Waals surface area contributed by atoms with Gasteiger partial charge in [-0.1, -0.05) is 13.8 Å². The molecule has 0 bridgehead atoms. The van der Waals surface area contributed by atoms with Gasteiger partial charge in [0.1, 0.15) is 0 Å². The second-order valence-corrected chi connectivity index (χ2v) is 10.2. The fraction of sp³-hybridized carbons (Fsp3) is 0.818. The lowest BCUT2D eigenvalue weighted by atomic mass is 9.44. The zero-order chi connectivity index (χ0) is 20.5. The van der Waals surface area contributed by atoms with Crippen LogP contribution >= 0.6 is 0 Å². The fourth-order valence-corrected chi connectivity index (χ4v) is 7.74. The third-order valence-electron chi connectivity index (χ3n) is 9.06. The summed E-state index contributed by atoms with van der Waals surface area (Å²) in [5.41, 5.74) is -0.558. The van der Waals surface area contributed by atoms with Crippen LogP contribution in [0.3, 0.4) is 0 Å². The van der Waals surface area contributed by atoms with Crippen LogP contribution in [0.4, 0.5) is 13.2 Å². The predicted molar refractivity (Wildman–Crippen MR) is 97.4 cm³/mol. The Morgan fingerprint density at radius 3 is 2.39 bits per heavy atom. The number of carboxylic acids is 1. The number of carboxylic acid groups (broad SMARTS) is 1. The highest BCUT2D eigenvalue weighted by molar-refractivity contribution is 5.96. The lowest BCUT2D eigenvalue weighted by molar-refractivity contribution is -0.152. The van der Waals surface area contributed by atoms with Crippen molar-refractivity contribution < 1.29 is 27.9 Å². The second kappa shape index (κ2) is 6.33. The van der Waals surface area contributed by atoms with E-state index in [2.05, 4.69) is 13.8 Å². The van der Waals surface area contributed by atoms with Crippen molar-refractivity contribution in [3.05, 3.63) is 11.6 Å². The van der Waals surface area contributed by atoms with Crippen molar-refractivity contribution in [2.75, 3.05) is 0 Å². The highest BCUT2D eigenvalue weighted by Gasteiger charge is 2.61. The van der Waals surface area contributed by atoms with E-state index in [4.69, 9.17) is 0 Å². The highest BCUT2D eigenvalue weighted by atomic mass is 19.4. The second-order valence-electron chi connectivity index (χ2n) is 10.2. The van der Waals surface area contributed by atoms with Crippen LogP contribution in [0.1, 0.15) is 65.2 Å². The summed E-state index contributed by atoms with van der Waals surface area (Å²) in [5, 5.41) is 9.67. The Hall–Kier alpha value is -1.33. The van der Waals surface area contributed by atoms with Crippen molar-refractivity contribution in [1.82, 2.24) is 0 Å². The molecule has 4 saturated carbocycles. The largest absolute Gasteiger partial charge is 0.481 e. The van der Waals surface area contributed by atoms with E-state index in [1.54, 1.807) is 0 Å². The van der Waals surface area contributed by atoms with Crippen molar-refractivity contribution in [3.63, 3.8) is 0 Å². The zero-order valence-electron chi connectivity index (χ0n) is 16.5. The Morgan fingerprint density at radius 2 is 1.75 bits per heavy atom. The molecule has 0 aliphatic heterocycles. The van der Waals surface area contributed by atoms with E-state index in [0.717, 1.165) is 32.1 Å². The average Bonchev–Trinajstić information content (AvgIpc) is 2.92. The molecule has 1 N–H and O–H groups in total. The van der Waals surface area contributed by atoms with Crippen LogP contribution in [-0.4, -0.2) is 23.0 Å². The molecule has 4 rings (SSSR count). The van der Waals surface area contributed by atoms with Gasteiger partial charge in [0.25, 0.3) is 0 Å². The number of alkyl halides is 3. The number of aliphatic carboxylic acids is 1. The maximum absolute atomic E-state index is 13.0. The number of hydrogen-bond donors (Lipinski definition) is 1. The fourth-order valence-electron chi connectivity index (χ4n) is 7.74. The van der Waals surface area contributed by atoms with E-state index >= 15 is 0 Å². The van der Waals surface area contributed by atoms with Crippen molar-refractivity contribution in [2.24, 2.45) is 40.4 Å². The van der Waals surface area contributed by atoms with Gasteiger partial charge in [-0.05, 0) is 79.4 Å². The van der Waals surface area contributed by atoms with Gasteiger partial charge >= 0.3 is 12.1 Å². The summed E-state index contributed by atoms with van der Waals surface area (Å²) < 4.78 is 38.9. The molecule has 0 amide bonds. The Kier molecular flexibility index (Phi) is 4.51. The zero-order valence-corrected chi connectivity index (χ0v) is 16.5. The molecule has 28 heavy (non-hydrogen) atoms. The quantitative estimate of drug-likeness (QED) is 0.602. The Morgan fingerprint density at radius 1 is 1.07 bits per heavy atom. The van der Waals surface area contributed by atoms with Crippen LogP contribution in [0.15, 0.2) is 11.6 Å². The molecule has 0 unspecified atom stereocenters. The molecule has 7 atom stereocenters. The number of rotatable bonds is 1. The van der Waals surface area contributed by atoms with Gasteiger partial charge in [-0.15, -0.1) is 0 Å². The van der Waals surface area contributed by atoms with Gasteiger partial charge in [-0.25, -0.2) is 0 Å². The minimum Gasteiger partial charge on any atom is -0.481 e. The third kappa shape index (κ3) is 2.93. The van der Waals surface area contributed by atoms with Crippen LogP contribution in [0.2, 0.25) is 0 Å². The predicted octanol–water partition coefficient (Wildman–Crippen LogP) is 5.40. The summed E-state index contributed by atoms with van der Waals surface area (Å²) in [7, 11) is 0. The molecule has 0 aromatic rings. The van der Waals surface area contributed by atoms with Gasteiger partial charge in [-0.2, -0.15) is 13.2 Å². The Bertz CT molecular complexity index is 727. The number of allylic oxidation sites excluding steroid dienone is 2. The highest BCUT2D eigenvalue weighted by Crippen LogP contribution is 2.67. The molecule has 0 aromatic heterocycles. The molecule has 156 valence electrons. The number of Topliss-reactive ketones (excluding diaryl/α,β-unsaturated/α-hetero) is 1. The minimum atomic E-state index is -4.46. The smallest absolute Gasteiger partial charge is 0.410 e. The van der Waals surface area contributed by atoms with E-state index in [-0.39, 0.29) is 58.9 Å². The van der Waals surface area contributed by atoms with Crippen molar-refractivity contribution in [1.29, 1.82) is 0 Å². The van der Waals surface area contributed by atoms with Crippen LogP contribution < -0.4 is 0 Å². The van der Waals surface area contributed by atoms with Crippen LogP contribution in [0.5, 0.6) is 0 Å². The molecule has 4 aliphatic rings. The number of hydrogen-bond acceptors (Lipinski definition) is 2. The summed E-state index contributed by atoms with van der Waals surface area (Å²) in [6, 6.07) is 0. The Balaban J connectivity index is 1.64. The summed E-state index contributed by atoms with van der Waals surface area (Å²) >= 11 is 0. The standard InChI is InChI=1S/C22H29F3O3/c1-20-8-7-16-14(15(20)5-6-17(20)19(27)28)4-3-13-9-18(26)12(10-21(13,16)2)11-22(23,24)25/h11,13-17H,3-10H2,1-2H3,(H,27,28)/b12-11+/t13-,14-,15-,16-,17+,20-,21-/m0/s1. The number of carbonyl (C=O) groups is 2. The topological polar surface area (TPSA) is 54.4 Å². The summed E-state index contributed by atoms with van der Waals surface area (Å²) in [6.07, 6.45) is 1.33. The van der Waals surface area contributed by atoms with E-state index in [9.17, 15) is 27.9 Å². The first-order valence-electron chi connectivity index (χ1n) is 10.5. The molecule has 0 spiro atoms. The first-order valence-corrected chi connectivity index (χ1v) is 10.5. The normalized spacial score (nSPS) is 47.4. The van der Waals surface area contributed by atoms with E-state index < -0.39 is 12.1 Å². The third-order valence-corrected chi connectivity index (χ3v) is 9.06. The molecule has 0 saturated heterocycles. The van der Waals surface area contributed by atoms with Gasteiger partial charge in [0.2, 0.25) is 0 Å². The van der Waals surface area contributed by atoms with Crippen molar-refractivity contribution in [2.45, 2.75) is 71.4 Å². The molecule has 0 heterocycles. The summed E-state index contributed by atoms with van der Waals surface area (Å²) in [6.45, 7) is 4.21. The van der Waals surface area contributed by atoms with Gasteiger partial charge < -0.3 is 5.11 Å².